The number of hydrogen-bond acceptors (Lipinski definition) is 3. The summed E-state index contributed by atoms with van der Waals surface area (Å²) in [4.78, 5) is 12.4. The van der Waals surface area contributed by atoms with E-state index in [9.17, 15) is 9.90 Å². The van der Waals surface area contributed by atoms with Crippen molar-refractivity contribution in [3.8, 4) is 0 Å². The highest BCUT2D eigenvalue weighted by atomic mass is 16.3. The van der Waals surface area contributed by atoms with Gasteiger partial charge in [0.2, 0.25) is 0 Å². The van der Waals surface area contributed by atoms with E-state index in [4.69, 9.17) is 4.42 Å². The number of hydrogen-bond donors (Lipinski definition) is 1. The summed E-state index contributed by atoms with van der Waals surface area (Å²) in [5, 5.41) is 10.9. The first-order valence-electron chi connectivity index (χ1n) is 6.73. The Kier molecular flexibility index (Phi) is 3.62. The topological polar surface area (TPSA) is 50.4 Å². The molecule has 0 radical (unpaired) electrons. The quantitative estimate of drug-likeness (QED) is 0.893. The normalized spacial score (nSPS) is 32.1. The summed E-state index contributed by atoms with van der Waals surface area (Å²) >= 11 is 0. The SMILES string of the molecule is CC(C)CC(=O)[C@@H]1[C@@H](C)CC[C@@]1(O)c1ccoc1. The van der Waals surface area contributed by atoms with Crippen molar-refractivity contribution in [3.05, 3.63) is 24.2 Å². The second-order valence-corrected chi connectivity index (χ2v) is 5.99. The second kappa shape index (κ2) is 4.88. The van der Waals surface area contributed by atoms with Crippen molar-refractivity contribution in [1.82, 2.24) is 0 Å². The van der Waals surface area contributed by atoms with E-state index >= 15 is 0 Å². The number of carbonyl (C=O) groups excluding carboxylic acids is 1. The molecule has 3 atom stereocenters. The van der Waals surface area contributed by atoms with Gasteiger partial charge >= 0.3 is 0 Å². The fourth-order valence-electron chi connectivity index (χ4n) is 3.19. The molecule has 1 aromatic rings. The van der Waals surface area contributed by atoms with E-state index in [1.165, 1.54) is 0 Å². The molecule has 1 aliphatic rings. The molecular weight excluding hydrogens is 228 g/mol. The van der Waals surface area contributed by atoms with Gasteiger partial charge in [0.25, 0.3) is 0 Å². The highest BCUT2D eigenvalue weighted by Crippen LogP contribution is 2.48. The summed E-state index contributed by atoms with van der Waals surface area (Å²) in [6.45, 7) is 6.13. The molecule has 1 aliphatic carbocycles. The van der Waals surface area contributed by atoms with Gasteiger partial charge in [0.1, 0.15) is 11.4 Å². The predicted molar refractivity (Wildman–Crippen MR) is 69.0 cm³/mol. The van der Waals surface area contributed by atoms with E-state index in [2.05, 4.69) is 6.92 Å². The zero-order valence-corrected chi connectivity index (χ0v) is 11.3. The van der Waals surface area contributed by atoms with Crippen molar-refractivity contribution in [2.75, 3.05) is 0 Å². The molecule has 1 heterocycles. The van der Waals surface area contributed by atoms with Crippen LogP contribution in [0, 0.1) is 17.8 Å². The summed E-state index contributed by atoms with van der Waals surface area (Å²) in [6.07, 6.45) is 5.18. The Morgan fingerprint density at radius 2 is 2.33 bits per heavy atom. The van der Waals surface area contributed by atoms with Gasteiger partial charge in [0, 0.05) is 12.0 Å². The number of aliphatic hydroxyl groups is 1. The third kappa shape index (κ3) is 2.24. The lowest BCUT2D eigenvalue weighted by molar-refractivity contribution is -0.133. The van der Waals surface area contributed by atoms with E-state index in [1.54, 1.807) is 18.6 Å². The van der Waals surface area contributed by atoms with E-state index < -0.39 is 5.60 Å². The van der Waals surface area contributed by atoms with Gasteiger partial charge in [-0.1, -0.05) is 20.8 Å². The largest absolute Gasteiger partial charge is 0.472 e. The van der Waals surface area contributed by atoms with Crippen LogP contribution in [0.4, 0.5) is 0 Å². The lowest BCUT2D eigenvalue weighted by atomic mass is 9.77. The number of furan rings is 1. The third-order valence-corrected chi connectivity index (χ3v) is 4.04. The minimum Gasteiger partial charge on any atom is -0.472 e. The van der Waals surface area contributed by atoms with Crippen molar-refractivity contribution in [2.24, 2.45) is 17.8 Å². The van der Waals surface area contributed by atoms with Crippen molar-refractivity contribution in [3.63, 3.8) is 0 Å². The Morgan fingerprint density at radius 1 is 1.61 bits per heavy atom. The molecule has 100 valence electrons. The minimum atomic E-state index is -1.03. The van der Waals surface area contributed by atoms with E-state index in [1.807, 2.05) is 13.8 Å². The molecule has 1 fully saturated rings. The van der Waals surface area contributed by atoms with Crippen LogP contribution in [0.1, 0.15) is 45.6 Å². The average molecular weight is 250 g/mol. The van der Waals surface area contributed by atoms with Gasteiger partial charge in [0.05, 0.1) is 18.4 Å². The molecule has 0 aliphatic heterocycles. The minimum absolute atomic E-state index is 0.179. The standard InChI is InChI=1S/C15H22O3/c1-10(2)8-13(16)14-11(3)4-6-15(14,17)12-5-7-18-9-12/h5,7,9-11,14,17H,4,6,8H2,1-3H3/t11-,14-,15+/m0/s1. The van der Waals surface area contributed by atoms with Crippen LogP contribution < -0.4 is 0 Å². The van der Waals surface area contributed by atoms with Crippen molar-refractivity contribution in [2.45, 2.75) is 45.6 Å². The smallest absolute Gasteiger partial charge is 0.139 e. The Labute approximate surface area is 108 Å². The maximum atomic E-state index is 12.4. The fourth-order valence-corrected chi connectivity index (χ4v) is 3.19. The average Bonchev–Trinajstić information content (AvgIpc) is 2.86. The van der Waals surface area contributed by atoms with Crippen LogP contribution >= 0.6 is 0 Å². The van der Waals surface area contributed by atoms with Crippen molar-refractivity contribution in [1.29, 1.82) is 0 Å². The second-order valence-electron chi connectivity index (χ2n) is 5.99. The van der Waals surface area contributed by atoms with Crippen LogP contribution in [0.5, 0.6) is 0 Å². The van der Waals surface area contributed by atoms with Gasteiger partial charge < -0.3 is 9.52 Å². The molecule has 0 bridgehead atoms. The lowest BCUT2D eigenvalue weighted by Crippen LogP contribution is -2.38. The summed E-state index contributed by atoms with van der Waals surface area (Å²) in [7, 11) is 0. The van der Waals surface area contributed by atoms with Gasteiger partial charge in [-0.3, -0.25) is 4.79 Å². The molecule has 1 aromatic heterocycles. The summed E-state index contributed by atoms with van der Waals surface area (Å²) in [5.74, 6) is 0.450. The van der Waals surface area contributed by atoms with Crippen LogP contribution in [0.15, 0.2) is 23.0 Å². The van der Waals surface area contributed by atoms with Gasteiger partial charge in [-0.15, -0.1) is 0 Å². The Hall–Kier alpha value is -1.09. The molecule has 0 unspecified atom stereocenters. The molecule has 2 rings (SSSR count). The zero-order valence-electron chi connectivity index (χ0n) is 11.3. The fraction of sp³-hybridized carbons (Fsp3) is 0.667. The molecular formula is C15H22O3. The van der Waals surface area contributed by atoms with Crippen LogP contribution in [-0.4, -0.2) is 10.9 Å². The number of Topliss-reactive ketones (excluding diaryl/α,β-unsaturated/α-hetero) is 1. The van der Waals surface area contributed by atoms with Crippen LogP contribution in [0.3, 0.4) is 0 Å². The monoisotopic (exact) mass is 250 g/mol. The summed E-state index contributed by atoms with van der Waals surface area (Å²) < 4.78 is 5.07. The first-order valence-corrected chi connectivity index (χ1v) is 6.73. The van der Waals surface area contributed by atoms with Crippen molar-refractivity contribution < 1.29 is 14.3 Å². The van der Waals surface area contributed by atoms with E-state index in [0.29, 0.717) is 18.8 Å². The number of carbonyl (C=O) groups is 1. The summed E-state index contributed by atoms with van der Waals surface area (Å²) in [5.41, 5.74) is -0.285. The Bertz CT molecular complexity index is 407. The summed E-state index contributed by atoms with van der Waals surface area (Å²) in [6, 6.07) is 1.77. The van der Waals surface area contributed by atoms with Crippen LogP contribution in [0.2, 0.25) is 0 Å². The molecule has 0 spiro atoms. The first kappa shape index (κ1) is 13.3. The highest BCUT2D eigenvalue weighted by Gasteiger charge is 2.50. The molecule has 1 saturated carbocycles. The zero-order chi connectivity index (χ0) is 13.3. The van der Waals surface area contributed by atoms with Crippen LogP contribution in [0.25, 0.3) is 0 Å². The molecule has 0 saturated heterocycles. The predicted octanol–water partition coefficient (Wildman–Crippen LogP) is 3.13. The van der Waals surface area contributed by atoms with Gasteiger partial charge in [-0.25, -0.2) is 0 Å². The van der Waals surface area contributed by atoms with Crippen LogP contribution in [-0.2, 0) is 10.4 Å². The maximum Gasteiger partial charge on any atom is 0.139 e. The molecule has 3 nitrogen and oxygen atoms in total. The molecule has 0 aromatic carbocycles. The number of rotatable bonds is 4. The van der Waals surface area contributed by atoms with Gasteiger partial charge in [0.15, 0.2) is 0 Å². The van der Waals surface area contributed by atoms with E-state index in [0.717, 1.165) is 12.0 Å². The Morgan fingerprint density at radius 3 is 2.89 bits per heavy atom. The number of ketones is 1. The molecule has 18 heavy (non-hydrogen) atoms. The van der Waals surface area contributed by atoms with Gasteiger partial charge in [-0.2, -0.15) is 0 Å². The Balaban J connectivity index is 2.27. The third-order valence-electron chi connectivity index (χ3n) is 4.04. The van der Waals surface area contributed by atoms with Gasteiger partial charge in [-0.05, 0) is 30.7 Å². The van der Waals surface area contributed by atoms with Crippen molar-refractivity contribution >= 4 is 5.78 Å². The first-order chi connectivity index (χ1) is 8.45. The lowest BCUT2D eigenvalue weighted by Gasteiger charge is -2.30. The van der Waals surface area contributed by atoms with E-state index in [-0.39, 0.29) is 17.6 Å². The molecule has 1 N–H and O–H groups in total. The highest BCUT2D eigenvalue weighted by molar-refractivity contribution is 5.83. The maximum absolute atomic E-state index is 12.4. The molecule has 3 heteroatoms. The molecule has 0 amide bonds.